The Bertz CT molecular complexity index is 92.9. The fourth-order valence-electron chi connectivity index (χ4n) is 0.0902. The van der Waals surface area contributed by atoms with E-state index in [4.69, 9.17) is 10.6 Å². The number of hydrogen-bond donors (Lipinski definition) is 2. The Kier molecular flexibility index (Phi) is 2.76. The van der Waals surface area contributed by atoms with Crippen LogP contribution in [0.4, 0.5) is 0 Å². The highest BCUT2D eigenvalue weighted by molar-refractivity contribution is 7.39. The predicted octanol–water partition coefficient (Wildman–Crippen LogP) is 0.192. The first-order valence-electron chi connectivity index (χ1n) is 1.72. The van der Waals surface area contributed by atoms with Crippen molar-refractivity contribution in [1.82, 2.24) is 0 Å². The second-order valence-electron chi connectivity index (χ2n) is 1.03. The standard InChI is InChI=1S/C3H6NO2P/c1-2-3(4)7(5)6/h2-3H,1,4H2/p+1. The molecule has 0 aromatic carbocycles. The lowest BCUT2D eigenvalue weighted by molar-refractivity contribution is 0.497. The molecule has 7 heavy (non-hydrogen) atoms. The summed E-state index contributed by atoms with van der Waals surface area (Å²) in [6.07, 6.45) is 1.23. The van der Waals surface area contributed by atoms with Crippen LogP contribution in [0.5, 0.6) is 0 Å². The van der Waals surface area contributed by atoms with Gasteiger partial charge in [-0.05, 0) is 10.6 Å². The zero-order valence-electron chi connectivity index (χ0n) is 3.74. The molecule has 0 spiro atoms. The van der Waals surface area contributed by atoms with Gasteiger partial charge in [-0.25, -0.2) is 0 Å². The summed E-state index contributed by atoms with van der Waals surface area (Å²) in [6, 6.07) is 0. The Labute approximate surface area is 42.7 Å². The number of nitrogens with two attached hydrogens (primary N) is 1. The van der Waals surface area contributed by atoms with Crippen molar-refractivity contribution in [3.8, 4) is 0 Å². The van der Waals surface area contributed by atoms with Gasteiger partial charge in [-0.1, -0.05) is 6.58 Å². The van der Waals surface area contributed by atoms with Gasteiger partial charge in [-0.3, -0.25) is 5.73 Å². The quantitative estimate of drug-likeness (QED) is 0.404. The predicted molar refractivity (Wildman–Crippen MR) is 28.0 cm³/mol. The van der Waals surface area contributed by atoms with E-state index < -0.39 is 13.8 Å². The minimum absolute atomic E-state index is 0.769. The number of hydrogen-bond acceptors (Lipinski definition) is 2. The van der Waals surface area contributed by atoms with E-state index >= 15 is 0 Å². The molecule has 0 aliphatic rings. The van der Waals surface area contributed by atoms with E-state index in [2.05, 4.69) is 6.58 Å². The summed E-state index contributed by atoms with van der Waals surface area (Å²) in [5.74, 6) is -0.769. The lowest BCUT2D eigenvalue weighted by Gasteiger charge is -1.79. The Morgan fingerprint density at radius 2 is 2.43 bits per heavy atom. The van der Waals surface area contributed by atoms with Crippen LogP contribution in [-0.4, -0.2) is 10.7 Å². The minimum atomic E-state index is -2.25. The maximum Gasteiger partial charge on any atom is 0.528 e. The first-order valence-corrected chi connectivity index (χ1v) is 3.00. The Hall–Kier alpha value is -0.240. The topological polar surface area (TPSA) is 63.3 Å². The molecule has 0 aliphatic heterocycles. The van der Waals surface area contributed by atoms with Gasteiger partial charge >= 0.3 is 8.03 Å². The summed E-state index contributed by atoms with van der Waals surface area (Å²) < 4.78 is 9.88. The average Bonchev–Trinajstić information content (AvgIpc) is 1.65. The van der Waals surface area contributed by atoms with Crippen molar-refractivity contribution in [2.24, 2.45) is 5.73 Å². The molecule has 0 heterocycles. The number of rotatable bonds is 2. The highest BCUT2D eigenvalue weighted by atomic mass is 31.1. The van der Waals surface area contributed by atoms with Crippen molar-refractivity contribution in [2.45, 2.75) is 5.78 Å². The summed E-state index contributed by atoms with van der Waals surface area (Å²) in [5, 5.41) is 0. The lowest BCUT2D eigenvalue weighted by atomic mass is 10.7. The van der Waals surface area contributed by atoms with Gasteiger partial charge in [-0.2, -0.15) is 4.89 Å². The lowest BCUT2D eigenvalue weighted by Crippen LogP contribution is -2.09. The van der Waals surface area contributed by atoms with Gasteiger partial charge in [0.1, 0.15) is 0 Å². The molecule has 2 unspecified atom stereocenters. The fraction of sp³-hybridized carbons (Fsp3) is 0.333. The molecule has 0 saturated carbocycles. The molecular weight excluding hydrogens is 113 g/mol. The van der Waals surface area contributed by atoms with Gasteiger partial charge < -0.3 is 0 Å². The summed E-state index contributed by atoms with van der Waals surface area (Å²) in [5.41, 5.74) is 4.96. The second-order valence-corrected chi connectivity index (χ2v) is 2.23. The highest BCUT2D eigenvalue weighted by Gasteiger charge is 2.18. The monoisotopic (exact) mass is 120 g/mol. The molecule has 0 rings (SSSR count). The summed E-state index contributed by atoms with van der Waals surface area (Å²) >= 11 is 0. The van der Waals surface area contributed by atoms with Gasteiger partial charge in [0.15, 0.2) is 0 Å². The Balaban J connectivity index is 3.55. The molecule has 4 heteroatoms. The smallest absolute Gasteiger partial charge is 0.282 e. The molecule has 2 atom stereocenters. The molecule has 0 fully saturated rings. The van der Waals surface area contributed by atoms with Crippen LogP contribution >= 0.6 is 8.03 Å². The van der Waals surface area contributed by atoms with Gasteiger partial charge in [0.25, 0.3) is 5.78 Å². The van der Waals surface area contributed by atoms with Crippen molar-refractivity contribution in [3.63, 3.8) is 0 Å². The van der Waals surface area contributed by atoms with Crippen LogP contribution in [-0.2, 0) is 4.57 Å². The van der Waals surface area contributed by atoms with E-state index in [1.807, 2.05) is 0 Å². The van der Waals surface area contributed by atoms with Crippen molar-refractivity contribution in [1.29, 1.82) is 0 Å². The molecular formula is C3H7NO2P+. The third-order valence-corrected chi connectivity index (χ3v) is 1.22. The molecule has 0 radical (unpaired) electrons. The molecule has 3 nitrogen and oxygen atoms in total. The Morgan fingerprint density at radius 1 is 2.00 bits per heavy atom. The normalized spacial score (nSPS) is 15.4. The van der Waals surface area contributed by atoms with Crippen molar-refractivity contribution < 1.29 is 9.46 Å². The third-order valence-electron chi connectivity index (χ3n) is 0.497. The van der Waals surface area contributed by atoms with Gasteiger partial charge in [0, 0.05) is 0 Å². The maximum atomic E-state index is 9.88. The van der Waals surface area contributed by atoms with E-state index in [-0.39, 0.29) is 0 Å². The molecule has 0 aromatic heterocycles. The average molecular weight is 120 g/mol. The van der Waals surface area contributed by atoms with Crippen LogP contribution in [0.25, 0.3) is 0 Å². The van der Waals surface area contributed by atoms with Crippen molar-refractivity contribution in [2.75, 3.05) is 0 Å². The summed E-state index contributed by atoms with van der Waals surface area (Å²) in [7, 11) is -2.25. The molecule has 0 aromatic rings. The second kappa shape index (κ2) is 2.86. The molecule has 0 amide bonds. The minimum Gasteiger partial charge on any atom is -0.282 e. The van der Waals surface area contributed by atoms with Crippen LogP contribution in [0.1, 0.15) is 0 Å². The van der Waals surface area contributed by atoms with E-state index in [9.17, 15) is 4.57 Å². The van der Waals surface area contributed by atoms with Gasteiger partial charge in [-0.15, -0.1) is 0 Å². The third kappa shape index (κ3) is 2.45. The molecule has 40 valence electrons. The van der Waals surface area contributed by atoms with E-state index in [0.29, 0.717) is 0 Å². The van der Waals surface area contributed by atoms with Crippen LogP contribution in [0.15, 0.2) is 12.7 Å². The maximum absolute atomic E-state index is 9.88. The molecule has 0 saturated heterocycles. The highest BCUT2D eigenvalue weighted by Crippen LogP contribution is 2.16. The van der Waals surface area contributed by atoms with E-state index in [0.717, 1.165) is 0 Å². The van der Waals surface area contributed by atoms with Crippen LogP contribution in [0, 0.1) is 0 Å². The van der Waals surface area contributed by atoms with Crippen LogP contribution < -0.4 is 5.73 Å². The molecule has 3 N–H and O–H groups in total. The first-order chi connectivity index (χ1) is 3.18. The zero-order chi connectivity index (χ0) is 5.86. The zero-order valence-corrected chi connectivity index (χ0v) is 4.64. The van der Waals surface area contributed by atoms with Crippen molar-refractivity contribution >= 4 is 8.03 Å². The molecule has 0 aliphatic carbocycles. The van der Waals surface area contributed by atoms with Crippen LogP contribution in [0.2, 0.25) is 0 Å². The summed E-state index contributed by atoms with van der Waals surface area (Å²) in [6.45, 7) is 3.21. The summed E-state index contributed by atoms with van der Waals surface area (Å²) in [4.78, 5) is 8.13. The SMILES string of the molecule is C=CC(N)[P+](=O)O. The largest absolute Gasteiger partial charge is 0.528 e. The van der Waals surface area contributed by atoms with E-state index in [1.165, 1.54) is 6.08 Å². The van der Waals surface area contributed by atoms with Crippen LogP contribution in [0.3, 0.4) is 0 Å². The molecule has 0 bridgehead atoms. The first kappa shape index (κ1) is 6.76. The Morgan fingerprint density at radius 3 is 2.43 bits per heavy atom. The van der Waals surface area contributed by atoms with Gasteiger partial charge in [0.05, 0.1) is 0 Å². The fourth-order valence-corrected chi connectivity index (χ4v) is 0.271. The van der Waals surface area contributed by atoms with Gasteiger partial charge in [0.2, 0.25) is 0 Å². The van der Waals surface area contributed by atoms with E-state index in [1.54, 1.807) is 0 Å². The van der Waals surface area contributed by atoms with Crippen molar-refractivity contribution in [3.05, 3.63) is 12.7 Å².